The zero-order chi connectivity index (χ0) is 14.8. The van der Waals surface area contributed by atoms with E-state index >= 15 is 0 Å². The van der Waals surface area contributed by atoms with Gasteiger partial charge in [0.25, 0.3) is 0 Å². The van der Waals surface area contributed by atoms with Gasteiger partial charge in [-0.3, -0.25) is 0 Å². The van der Waals surface area contributed by atoms with Gasteiger partial charge in [-0.1, -0.05) is 17.8 Å². The third-order valence-electron chi connectivity index (χ3n) is 3.68. The van der Waals surface area contributed by atoms with Gasteiger partial charge in [0, 0.05) is 6.08 Å². The molecule has 0 aromatic heterocycles. The molecule has 1 fully saturated rings. The maximum absolute atomic E-state index is 6.10. The lowest BCUT2D eigenvalue weighted by molar-refractivity contribution is -0.00296. The van der Waals surface area contributed by atoms with Gasteiger partial charge in [0.2, 0.25) is 0 Å². The van der Waals surface area contributed by atoms with Gasteiger partial charge in [-0.25, -0.2) is 0 Å². The van der Waals surface area contributed by atoms with E-state index in [1.165, 1.54) is 12.7 Å². The van der Waals surface area contributed by atoms with E-state index in [1.54, 1.807) is 0 Å². The van der Waals surface area contributed by atoms with E-state index in [-0.39, 0.29) is 5.60 Å². The van der Waals surface area contributed by atoms with Crippen molar-refractivity contribution in [3.8, 4) is 0 Å². The lowest BCUT2D eigenvalue weighted by Gasteiger charge is -2.40. The minimum Gasteiger partial charge on any atom is -0.487 e. The molecule has 2 rings (SSSR count). The zero-order valence-electron chi connectivity index (χ0n) is 12.6. The smallest absolute Gasteiger partial charge is 0.125 e. The average molecular weight is 273 g/mol. The number of oxime groups is 1. The number of rotatable bonds is 4. The summed E-state index contributed by atoms with van der Waals surface area (Å²) >= 11 is 0. The Morgan fingerprint density at radius 2 is 2.25 bits per heavy atom. The van der Waals surface area contributed by atoms with Crippen LogP contribution in [0.1, 0.15) is 33.1 Å². The predicted octanol–water partition coefficient (Wildman–Crippen LogP) is 4.15. The molecule has 0 unspecified atom stereocenters. The third kappa shape index (κ3) is 3.03. The maximum Gasteiger partial charge on any atom is 0.125 e. The van der Waals surface area contributed by atoms with Gasteiger partial charge in [0.05, 0.1) is 0 Å². The molecule has 3 heteroatoms. The van der Waals surface area contributed by atoms with Gasteiger partial charge in [-0.2, -0.15) is 0 Å². The third-order valence-corrected chi connectivity index (χ3v) is 3.68. The van der Waals surface area contributed by atoms with Crippen LogP contribution in [0.15, 0.2) is 53.4 Å². The maximum atomic E-state index is 6.10. The van der Waals surface area contributed by atoms with Crippen molar-refractivity contribution < 1.29 is 9.57 Å². The molecule has 0 saturated carbocycles. The second kappa shape index (κ2) is 5.70. The van der Waals surface area contributed by atoms with E-state index in [4.69, 9.17) is 9.57 Å². The van der Waals surface area contributed by atoms with Crippen LogP contribution in [0.3, 0.4) is 0 Å². The van der Waals surface area contributed by atoms with Gasteiger partial charge < -0.3 is 9.57 Å². The molecule has 1 heterocycles. The molecule has 0 aromatic carbocycles. The largest absolute Gasteiger partial charge is 0.487 e. The molecule has 0 aromatic rings. The molecule has 108 valence electrons. The number of fused-ring (bicyclic) bond motifs is 1. The van der Waals surface area contributed by atoms with Crippen LogP contribution < -0.4 is 0 Å². The van der Waals surface area contributed by atoms with Crippen molar-refractivity contribution in [2.24, 2.45) is 11.1 Å². The van der Waals surface area contributed by atoms with Crippen LogP contribution in [0.25, 0.3) is 0 Å². The van der Waals surface area contributed by atoms with Gasteiger partial charge in [0.15, 0.2) is 0 Å². The van der Waals surface area contributed by atoms with Gasteiger partial charge in [-0.05, 0) is 56.3 Å². The number of nitrogens with zero attached hydrogens (tertiary/aromatic N) is 1. The summed E-state index contributed by atoms with van der Waals surface area (Å²) in [5.41, 5.74) is 2.67. The lowest BCUT2D eigenvalue weighted by atomic mass is 9.78. The Kier molecular flexibility index (Phi) is 4.17. The van der Waals surface area contributed by atoms with E-state index in [0.29, 0.717) is 5.92 Å². The summed E-state index contributed by atoms with van der Waals surface area (Å²) < 4.78 is 6.10. The number of hydrogen-bond acceptors (Lipinski definition) is 3. The summed E-state index contributed by atoms with van der Waals surface area (Å²) in [4.78, 5) is 4.86. The first-order valence-electron chi connectivity index (χ1n) is 7.01. The Bertz CT molecular complexity index is 509. The van der Waals surface area contributed by atoms with Crippen LogP contribution >= 0.6 is 0 Å². The topological polar surface area (TPSA) is 30.8 Å². The summed E-state index contributed by atoms with van der Waals surface area (Å²) in [5.74, 6) is 1.38. The molecule has 3 nitrogen and oxygen atoms in total. The number of hydrogen-bond donors (Lipinski definition) is 0. The lowest BCUT2D eigenvalue weighted by Crippen LogP contribution is -2.35. The fourth-order valence-corrected chi connectivity index (χ4v) is 2.84. The van der Waals surface area contributed by atoms with Crippen molar-refractivity contribution in [3.05, 3.63) is 48.3 Å². The van der Waals surface area contributed by atoms with E-state index in [1.807, 2.05) is 12.2 Å². The Balaban J connectivity index is 2.34. The van der Waals surface area contributed by atoms with Crippen molar-refractivity contribution in [2.75, 3.05) is 7.11 Å². The van der Waals surface area contributed by atoms with E-state index in [9.17, 15) is 0 Å². The van der Waals surface area contributed by atoms with Crippen molar-refractivity contribution in [1.29, 1.82) is 0 Å². The van der Waals surface area contributed by atoms with Crippen molar-refractivity contribution >= 4 is 5.71 Å². The van der Waals surface area contributed by atoms with Gasteiger partial charge in [-0.15, -0.1) is 6.58 Å². The first-order valence-corrected chi connectivity index (χ1v) is 7.01. The number of allylic oxidation sites excluding steroid dienone is 5. The SMILES string of the molecule is C=CCC[C@H]1CC(C)(C)OC2=C/C(=N/OC)C(=C)C=C21. The Morgan fingerprint density at radius 3 is 2.90 bits per heavy atom. The molecule has 1 saturated heterocycles. The highest BCUT2D eigenvalue weighted by Crippen LogP contribution is 2.42. The van der Waals surface area contributed by atoms with E-state index in [2.05, 4.69) is 38.2 Å². The van der Waals surface area contributed by atoms with Crippen LogP contribution in [-0.4, -0.2) is 18.4 Å². The van der Waals surface area contributed by atoms with Crippen LogP contribution in [0.4, 0.5) is 0 Å². The van der Waals surface area contributed by atoms with Crippen molar-refractivity contribution in [1.82, 2.24) is 0 Å². The fraction of sp³-hybridized carbons (Fsp3) is 0.471. The Labute approximate surface area is 121 Å². The average Bonchev–Trinajstić information content (AvgIpc) is 2.37. The van der Waals surface area contributed by atoms with Crippen molar-refractivity contribution in [3.63, 3.8) is 0 Å². The molecule has 1 atom stereocenters. The summed E-state index contributed by atoms with van der Waals surface area (Å²) in [7, 11) is 1.54. The Hall–Kier alpha value is -1.77. The van der Waals surface area contributed by atoms with Crippen LogP contribution in [0.2, 0.25) is 0 Å². The predicted molar refractivity (Wildman–Crippen MR) is 82.5 cm³/mol. The summed E-state index contributed by atoms with van der Waals surface area (Å²) in [5, 5.41) is 3.99. The second-order valence-corrected chi connectivity index (χ2v) is 5.92. The standard InChI is InChI=1S/C17H23NO2/c1-6-7-8-13-11-17(3,4)20-16-10-15(18-19-5)12(2)9-14(13)16/h6,9-10,13H,1-2,7-8,11H2,3-5H3/b18-15-/t13-/m0/s1. The monoisotopic (exact) mass is 273 g/mol. The molecule has 0 amide bonds. The molecule has 0 radical (unpaired) electrons. The highest BCUT2D eigenvalue weighted by Gasteiger charge is 2.37. The molecule has 20 heavy (non-hydrogen) atoms. The number of ether oxygens (including phenoxy) is 1. The molecule has 1 aliphatic heterocycles. The molecule has 0 N–H and O–H groups in total. The van der Waals surface area contributed by atoms with Crippen molar-refractivity contribution in [2.45, 2.75) is 38.7 Å². The van der Waals surface area contributed by atoms with E-state index < -0.39 is 0 Å². The summed E-state index contributed by atoms with van der Waals surface area (Å²) in [6.07, 6.45) is 9.09. The molecule has 2 aliphatic rings. The highest BCUT2D eigenvalue weighted by molar-refractivity contribution is 6.11. The van der Waals surface area contributed by atoms with Gasteiger partial charge in [0.1, 0.15) is 24.2 Å². The normalized spacial score (nSPS) is 26.2. The minimum atomic E-state index is -0.161. The zero-order valence-corrected chi connectivity index (χ0v) is 12.6. The molecule has 1 aliphatic carbocycles. The fourth-order valence-electron chi connectivity index (χ4n) is 2.84. The molecular weight excluding hydrogens is 250 g/mol. The molecule has 0 bridgehead atoms. The van der Waals surface area contributed by atoms with Crippen LogP contribution in [0, 0.1) is 5.92 Å². The Morgan fingerprint density at radius 1 is 1.50 bits per heavy atom. The van der Waals surface area contributed by atoms with Crippen LogP contribution in [0.5, 0.6) is 0 Å². The van der Waals surface area contributed by atoms with Gasteiger partial charge >= 0.3 is 0 Å². The highest BCUT2D eigenvalue weighted by atomic mass is 16.6. The summed E-state index contributed by atoms with van der Waals surface area (Å²) in [6, 6.07) is 0. The quantitative estimate of drug-likeness (QED) is 0.569. The van der Waals surface area contributed by atoms with E-state index in [0.717, 1.165) is 36.3 Å². The molecule has 0 spiro atoms. The van der Waals surface area contributed by atoms with Crippen LogP contribution in [-0.2, 0) is 9.57 Å². The molecular formula is C17H23NO2. The second-order valence-electron chi connectivity index (χ2n) is 5.92. The summed E-state index contributed by atoms with van der Waals surface area (Å²) in [6.45, 7) is 12.1. The first kappa shape index (κ1) is 14.6. The minimum absolute atomic E-state index is 0.161. The first-order chi connectivity index (χ1) is 9.46.